The van der Waals surface area contributed by atoms with Gasteiger partial charge in [0.1, 0.15) is 5.70 Å². The number of β-amino-alcohol motifs (C(OH)–C–C–N with tert-alkyl or cyclic N) is 1. The Morgan fingerprint density at radius 3 is 2.24 bits per heavy atom. The number of carbonyl (C=O) groups excluding carboxylic acids is 2. The number of aliphatic hydroxyl groups is 1. The second-order valence-corrected chi connectivity index (χ2v) is 8.24. The van der Waals surface area contributed by atoms with E-state index in [1.165, 1.54) is 29.2 Å². The third-order valence-electron chi connectivity index (χ3n) is 6.35. The van der Waals surface area contributed by atoms with E-state index in [-0.39, 0.29) is 17.9 Å². The molecule has 0 aromatic heterocycles. The predicted molar refractivity (Wildman–Crippen MR) is 124 cm³/mol. The van der Waals surface area contributed by atoms with Crippen molar-refractivity contribution in [1.29, 1.82) is 0 Å². The van der Waals surface area contributed by atoms with Crippen LogP contribution >= 0.6 is 0 Å². The number of nitro groups is 1. The number of carbonyl (C=O) groups is 2. The van der Waals surface area contributed by atoms with E-state index in [9.17, 15) is 24.8 Å². The molecule has 2 aromatic carbocycles. The summed E-state index contributed by atoms with van der Waals surface area (Å²) in [5.74, 6) is -0.826. The molecule has 0 bridgehead atoms. The minimum absolute atomic E-state index is 0.0641. The Labute approximate surface area is 191 Å². The van der Waals surface area contributed by atoms with Crippen LogP contribution in [-0.4, -0.2) is 71.0 Å². The number of hydrogen-bond acceptors (Lipinski definition) is 7. The zero-order valence-electron chi connectivity index (χ0n) is 18.7. The molecule has 9 nitrogen and oxygen atoms in total. The largest absolute Gasteiger partial charge is 0.395 e. The van der Waals surface area contributed by atoms with Gasteiger partial charge >= 0.3 is 0 Å². The molecule has 172 valence electrons. The molecule has 2 amide bonds. The van der Waals surface area contributed by atoms with Gasteiger partial charge < -0.3 is 10.0 Å². The van der Waals surface area contributed by atoms with E-state index in [2.05, 4.69) is 4.90 Å². The first-order valence-electron chi connectivity index (χ1n) is 10.9. The fraction of sp³-hybridized carbons (Fsp3) is 0.333. The first-order chi connectivity index (χ1) is 15.8. The summed E-state index contributed by atoms with van der Waals surface area (Å²) in [5, 5.41) is 20.3. The first-order valence-corrected chi connectivity index (χ1v) is 10.9. The Balaban J connectivity index is 1.77. The maximum absolute atomic E-state index is 13.7. The van der Waals surface area contributed by atoms with Gasteiger partial charge in [0.15, 0.2) is 0 Å². The molecule has 0 saturated carbocycles. The van der Waals surface area contributed by atoms with Gasteiger partial charge in [0.05, 0.1) is 22.8 Å². The molecule has 0 aliphatic carbocycles. The van der Waals surface area contributed by atoms with E-state index < -0.39 is 16.7 Å². The molecule has 0 atom stereocenters. The van der Waals surface area contributed by atoms with E-state index >= 15 is 0 Å². The summed E-state index contributed by atoms with van der Waals surface area (Å²) >= 11 is 0. The summed E-state index contributed by atoms with van der Waals surface area (Å²) in [5.41, 5.74) is 3.32. The number of nitro benzene ring substituents is 1. The van der Waals surface area contributed by atoms with E-state index in [4.69, 9.17) is 0 Å². The van der Waals surface area contributed by atoms with E-state index in [1.807, 2.05) is 30.9 Å². The molecule has 4 rings (SSSR count). The SMILES string of the molecule is Cc1cccc(N2C(=O)C(c3ccc([N+](=O)[O-])cc3)=C(N3CCN(CCO)CC3)C2=O)c1C. The summed E-state index contributed by atoms with van der Waals surface area (Å²) in [7, 11) is 0. The summed E-state index contributed by atoms with van der Waals surface area (Å²) in [6, 6.07) is 11.2. The highest BCUT2D eigenvalue weighted by Crippen LogP contribution is 2.37. The van der Waals surface area contributed by atoms with Crippen molar-refractivity contribution in [2.75, 3.05) is 44.2 Å². The van der Waals surface area contributed by atoms with Gasteiger partial charge in [0.2, 0.25) is 0 Å². The molecular weight excluding hydrogens is 424 g/mol. The highest BCUT2D eigenvalue weighted by molar-refractivity contribution is 6.45. The molecule has 2 aliphatic heterocycles. The number of rotatable bonds is 6. The normalized spacial score (nSPS) is 17.3. The molecular formula is C24H26N4O5. The average Bonchev–Trinajstić information content (AvgIpc) is 3.06. The Hall–Kier alpha value is -3.56. The van der Waals surface area contributed by atoms with E-state index in [0.717, 1.165) is 11.1 Å². The highest BCUT2D eigenvalue weighted by atomic mass is 16.6. The van der Waals surface area contributed by atoms with Gasteiger partial charge in [-0.3, -0.25) is 24.6 Å². The summed E-state index contributed by atoms with van der Waals surface area (Å²) < 4.78 is 0. The lowest BCUT2D eigenvalue weighted by atomic mass is 10.0. The van der Waals surface area contributed by atoms with Gasteiger partial charge in [-0.15, -0.1) is 0 Å². The third-order valence-corrected chi connectivity index (χ3v) is 6.35. The van der Waals surface area contributed by atoms with Crippen molar-refractivity contribution in [2.24, 2.45) is 0 Å². The van der Waals surface area contributed by atoms with Crippen LogP contribution in [0.4, 0.5) is 11.4 Å². The number of non-ortho nitro benzene ring substituents is 1. The number of aliphatic hydroxyl groups excluding tert-OH is 1. The van der Waals surface area contributed by atoms with Crippen LogP contribution in [0.2, 0.25) is 0 Å². The molecule has 0 spiro atoms. The quantitative estimate of drug-likeness (QED) is 0.408. The minimum atomic E-state index is -0.497. The molecule has 9 heteroatoms. The van der Waals surface area contributed by atoms with Crippen LogP contribution in [0.15, 0.2) is 48.2 Å². The number of imide groups is 1. The number of aryl methyl sites for hydroxylation is 1. The lowest BCUT2D eigenvalue weighted by molar-refractivity contribution is -0.384. The summed E-state index contributed by atoms with van der Waals surface area (Å²) in [6.07, 6.45) is 0. The third kappa shape index (κ3) is 4.12. The first kappa shape index (κ1) is 22.6. The van der Waals surface area contributed by atoms with Gasteiger partial charge in [-0.25, -0.2) is 4.90 Å². The number of nitrogens with zero attached hydrogens (tertiary/aromatic N) is 4. The van der Waals surface area contributed by atoms with Crippen LogP contribution in [0.25, 0.3) is 5.57 Å². The minimum Gasteiger partial charge on any atom is -0.395 e. The second-order valence-electron chi connectivity index (χ2n) is 8.24. The van der Waals surface area contributed by atoms with Crippen LogP contribution in [-0.2, 0) is 9.59 Å². The Bertz CT molecular complexity index is 1130. The van der Waals surface area contributed by atoms with Crippen molar-refractivity contribution in [3.8, 4) is 0 Å². The van der Waals surface area contributed by atoms with Gasteiger partial charge in [-0.05, 0) is 48.7 Å². The fourth-order valence-corrected chi connectivity index (χ4v) is 4.35. The van der Waals surface area contributed by atoms with Crippen molar-refractivity contribution in [3.63, 3.8) is 0 Å². The molecule has 0 radical (unpaired) electrons. The Kier molecular flexibility index (Phi) is 6.26. The molecule has 2 aliphatic rings. The standard InChI is InChI=1S/C24H26N4O5/c1-16-4-3-5-20(17(16)2)27-23(30)21(18-6-8-19(9-7-18)28(32)33)22(24(27)31)26-12-10-25(11-13-26)14-15-29/h3-9,29H,10-15H2,1-2H3. The van der Waals surface area contributed by atoms with Crippen LogP contribution in [0.3, 0.4) is 0 Å². The zero-order valence-corrected chi connectivity index (χ0v) is 18.7. The average molecular weight is 450 g/mol. The van der Waals surface area contributed by atoms with Crippen LogP contribution < -0.4 is 4.90 Å². The maximum Gasteiger partial charge on any atom is 0.282 e. The lowest BCUT2D eigenvalue weighted by Crippen LogP contribution is -2.48. The highest BCUT2D eigenvalue weighted by Gasteiger charge is 2.43. The molecule has 1 N–H and O–H groups in total. The number of benzene rings is 2. The van der Waals surface area contributed by atoms with Gasteiger partial charge in [-0.1, -0.05) is 12.1 Å². The van der Waals surface area contributed by atoms with Gasteiger partial charge in [-0.2, -0.15) is 0 Å². The number of hydrogen-bond donors (Lipinski definition) is 1. The van der Waals surface area contributed by atoms with Crippen molar-refractivity contribution < 1.29 is 19.6 Å². The zero-order chi connectivity index (χ0) is 23.7. The van der Waals surface area contributed by atoms with Gasteiger partial charge in [0, 0.05) is 44.9 Å². The number of anilines is 1. The smallest absolute Gasteiger partial charge is 0.282 e. The van der Waals surface area contributed by atoms with Crippen LogP contribution in [0, 0.1) is 24.0 Å². The van der Waals surface area contributed by atoms with Crippen LogP contribution in [0.1, 0.15) is 16.7 Å². The summed E-state index contributed by atoms with van der Waals surface area (Å²) in [4.78, 5) is 43.2. The Morgan fingerprint density at radius 2 is 1.64 bits per heavy atom. The molecule has 2 aromatic rings. The molecule has 1 saturated heterocycles. The number of amides is 2. The van der Waals surface area contributed by atoms with Crippen molar-refractivity contribution in [2.45, 2.75) is 13.8 Å². The second kappa shape index (κ2) is 9.13. The lowest BCUT2D eigenvalue weighted by Gasteiger charge is -2.36. The topological polar surface area (TPSA) is 107 Å². The van der Waals surface area contributed by atoms with Crippen molar-refractivity contribution in [3.05, 3.63) is 75.0 Å². The molecule has 33 heavy (non-hydrogen) atoms. The Morgan fingerprint density at radius 1 is 0.970 bits per heavy atom. The molecule has 2 heterocycles. The van der Waals surface area contributed by atoms with E-state index in [0.29, 0.717) is 49.7 Å². The monoisotopic (exact) mass is 450 g/mol. The predicted octanol–water partition coefficient (Wildman–Crippen LogP) is 2.11. The van der Waals surface area contributed by atoms with Crippen LogP contribution in [0.5, 0.6) is 0 Å². The van der Waals surface area contributed by atoms with Gasteiger partial charge in [0.25, 0.3) is 17.5 Å². The maximum atomic E-state index is 13.7. The number of piperazine rings is 1. The van der Waals surface area contributed by atoms with E-state index in [1.54, 1.807) is 6.07 Å². The fourth-order valence-electron chi connectivity index (χ4n) is 4.35. The van der Waals surface area contributed by atoms with Crippen molar-refractivity contribution >= 4 is 28.8 Å². The molecule has 0 unspecified atom stereocenters. The molecule has 1 fully saturated rings. The van der Waals surface area contributed by atoms with Crippen molar-refractivity contribution in [1.82, 2.24) is 9.80 Å². The summed E-state index contributed by atoms with van der Waals surface area (Å²) in [6.45, 7) is 6.80.